The van der Waals surface area contributed by atoms with Crippen LogP contribution in [-0.4, -0.2) is 22.9 Å². The zero-order chi connectivity index (χ0) is 11.4. The van der Waals surface area contributed by atoms with Gasteiger partial charge >= 0.3 is 11.9 Å². The zero-order valence-corrected chi connectivity index (χ0v) is 10.0. The Morgan fingerprint density at radius 2 is 1.93 bits per heavy atom. The molecule has 0 aromatic heterocycles. The van der Waals surface area contributed by atoms with E-state index in [1.807, 2.05) is 0 Å². The van der Waals surface area contributed by atoms with Crippen LogP contribution in [0.5, 0.6) is 0 Å². The van der Waals surface area contributed by atoms with Crippen LogP contribution >= 0.6 is 15.9 Å². The predicted molar refractivity (Wildman–Crippen MR) is 54.9 cm³/mol. The minimum absolute atomic E-state index is 0.215. The average molecular weight is 265 g/mol. The van der Waals surface area contributed by atoms with Crippen molar-refractivity contribution < 1.29 is 19.1 Å². The lowest BCUT2D eigenvalue weighted by molar-refractivity contribution is -0.152. The summed E-state index contributed by atoms with van der Waals surface area (Å²) in [5.74, 6) is -1.61. The van der Waals surface area contributed by atoms with Crippen molar-refractivity contribution in [1.29, 1.82) is 0 Å². The molecule has 0 N–H and O–H groups in total. The topological polar surface area (TPSA) is 52.6 Å². The summed E-state index contributed by atoms with van der Waals surface area (Å²) in [5.41, 5.74) is 0. The van der Waals surface area contributed by atoms with Crippen LogP contribution in [0.15, 0.2) is 12.3 Å². The van der Waals surface area contributed by atoms with Crippen LogP contribution in [0.25, 0.3) is 0 Å². The summed E-state index contributed by atoms with van der Waals surface area (Å²) in [6.07, 6.45) is 0. The molecule has 0 atom stereocenters. The first-order valence-electron chi connectivity index (χ1n) is 4.06. The number of carbonyl (C=O) groups excluding carboxylic acids is 2. The molecule has 0 rings (SSSR count). The van der Waals surface area contributed by atoms with Crippen LogP contribution in [0.2, 0.25) is 0 Å². The molecule has 4 nitrogen and oxygen atoms in total. The molecule has 0 aromatic carbocycles. The maximum Gasteiger partial charge on any atom is 0.373 e. The Balaban J connectivity index is 4.21. The first-order chi connectivity index (χ1) is 6.29. The first kappa shape index (κ1) is 13.2. The Morgan fingerprint density at radius 3 is 2.29 bits per heavy atom. The van der Waals surface area contributed by atoms with Gasteiger partial charge in [-0.2, -0.15) is 0 Å². The molecule has 0 amide bonds. The standard InChI is InChI=1S/C9H13BrO4/c1-5-13-7(11)6(2)14-8(12)9(3,4)10/h2,5H2,1,3-4H3. The van der Waals surface area contributed by atoms with Crippen molar-refractivity contribution in [3.8, 4) is 0 Å². The van der Waals surface area contributed by atoms with Gasteiger partial charge in [0.25, 0.3) is 0 Å². The van der Waals surface area contributed by atoms with E-state index >= 15 is 0 Å². The molecule has 5 heteroatoms. The molecule has 0 unspecified atom stereocenters. The fourth-order valence-corrected chi connectivity index (χ4v) is 0.567. The van der Waals surface area contributed by atoms with Crippen molar-refractivity contribution in [3.63, 3.8) is 0 Å². The number of esters is 2. The number of halogens is 1. The van der Waals surface area contributed by atoms with Crippen molar-refractivity contribution in [2.75, 3.05) is 6.61 Å². The Kier molecular flexibility index (Phi) is 4.83. The lowest BCUT2D eigenvalue weighted by Crippen LogP contribution is -2.28. The van der Waals surface area contributed by atoms with Crippen molar-refractivity contribution in [2.45, 2.75) is 25.1 Å². The van der Waals surface area contributed by atoms with E-state index in [0.717, 1.165) is 0 Å². The van der Waals surface area contributed by atoms with Gasteiger partial charge in [0.05, 0.1) is 6.61 Å². The molecule has 0 aliphatic carbocycles. The molecular formula is C9H13BrO4. The van der Waals surface area contributed by atoms with Gasteiger partial charge in [0.1, 0.15) is 4.32 Å². The third-order valence-corrected chi connectivity index (χ3v) is 1.53. The highest BCUT2D eigenvalue weighted by molar-refractivity contribution is 9.10. The van der Waals surface area contributed by atoms with E-state index in [4.69, 9.17) is 0 Å². The van der Waals surface area contributed by atoms with Gasteiger partial charge in [-0.15, -0.1) is 0 Å². The van der Waals surface area contributed by atoms with Gasteiger partial charge in [0.15, 0.2) is 0 Å². The van der Waals surface area contributed by atoms with Crippen LogP contribution < -0.4 is 0 Å². The second-order valence-electron chi connectivity index (χ2n) is 3.01. The molecule has 0 aliphatic rings. The molecular weight excluding hydrogens is 252 g/mol. The Labute approximate surface area is 91.4 Å². The number of hydrogen-bond donors (Lipinski definition) is 0. The summed E-state index contributed by atoms with van der Waals surface area (Å²) in [7, 11) is 0. The van der Waals surface area contributed by atoms with E-state index in [1.54, 1.807) is 20.8 Å². The number of alkyl halides is 1. The van der Waals surface area contributed by atoms with E-state index < -0.39 is 16.3 Å². The minimum Gasteiger partial charge on any atom is -0.460 e. The number of rotatable bonds is 4. The second-order valence-corrected chi connectivity index (χ2v) is 4.99. The molecule has 80 valence electrons. The summed E-state index contributed by atoms with van der Waals surface area (Å²) in [5, 5.41) is 0. The third-order valence-electron chi connectivity index (χ3n) is 1.20. The van der Waals surface area contributed by atoms with Crippen LogP contribution in [0.4, 0.5) is 0 Å². The summed E-state index contributed by atoms with van der Waals surface area (Å²) in [6, 6.07) is 0. The Bertz CT molecular complexity index is 252. The van der Waals surface area contributed by atoms with Gasteiger partial charge < -0.3 is 9.47 Å². The molecule has 0 aromatic rings. The summed E-state index contributed by atoms with van der Waals surface area (Å²) in [6.45, 7) is 8.37. The smallest absolute Gasteiger partial charge is 0.373 e. The largest absolute Gasteiger partial charge is 0.460 e. The monoisotopic (exact) mass is 264 g/mol. The van der Waals surface area contributed by atoms with Gasteiger partial charge in [-0.3, -0.25) is 4.79 Å². The molecule has 0 heterocycles. The molecule has 0 spiro atoms. The number of carbonyl (C=O) groups is 2. The van der Waals surface area contributed by atoms with Gasteiger partial charge in [0.2, 0.25) is 5.76 Å². The van der Waals surface area contributed by atoms with Gasteiger partial charge in [-0.25, -0.2) is 4.79 Å². The Hall–Kier alpha value is -0.840. The van der Waals surface area contributed by atoms with E-state index in [2.05, 4.69) is 32.0 Å². The van der Waals surface area contributed by atoms with E-state index in [-0.39, 0.29) is 12.4 Å². The van der Waals surface area contributed by atoms with Crippen molar-refractivity contribution in [1.82, 2.24) is 0 Å². The highest BCUT2D eigenvalue weighted by Crippen LogP contribution is 2.19. The minimum atomic E-state index is -0.845. The molecule has 14 heavy (non-hydrogen) atoms. The van der Waals surface area contributed by atoms with Gasteiger partial charge in [-0.05, 0) is 27.4 Å². The van der Waals surface area contributed by atoms with Crippen LogP contribution in [0.3, 0.4) is 0 Å². The molecule has 0 radical (unpaired) electrons. The normalized spacial score (nSPS) is 10.6. The second kappa shape index (κ2) is 5.14. The summed E-state index contributed by atoms with van der Waals surface area (Å²) >= 11 is 3.09. The fourth-order valence-electron chi connectivity index (χ4n) is 0.487. The SMILES string of the molecule is C=C(OC(=O)C(C)(C)Br)C(=O)OCC. The zero-order valence-electron chi connectivity index (χ0n) is 8.43. The first-order valence-corrected chi connectivity index (χ1v) is 4.85. The van der Waals surface area contributed by atoms with E-state index in [9.17, 15) is 9.59 Å². The van der Waals surface area contributed by atoms with Crippen molar-refractivity contribution in [2.24, 2.45) is 0 Å². The van der Waals surface area contributed by atoms with Gasteiger partial charge in [-0.1, -0.05) is 15.9 Å². The maximum atomic E-state index is 11.2. The third kappa shape index (κ3) is 4.41. The summed E-state index contributed by atoms with van der Waals surface area (Å²) < 4.78 is 8.42. The molecule has 0 saturated heterocycles. The van der Waals surface area contributed by atoms with Crippen LogP contribution in [0, 0.1) is 0 Å². The predicted octanol–water partition coefficient (Wildman–Crippen LogP) is 1.78. The fraction of sp³-hybridized carbons (Fsp3) is 0.556. The highest BCUT2D eigenvalue weighted by Gasteiger charge is 2.28. The quantitative estimate of drug-likeness (QED) is 0.336. The molecule has 0 bridgehead atoms. The molecule has 0 saturated carbocycles. The maximum absolute atomic E-state index is 11.2. The average Bonchev–Trinajstić information content (AvgIpc) is 2.02. The number of ether oxygens (including phenoxy) is 2. The van der Waals surface area contributed by atoms with Crippen molar-refractivity contribution >= 4 is 27.9 Å². The van der Waals surface area contributed by atoms with Gasteiger partial charge in [0, 0.05) is 0 Å². The Morgan fingerprint density at radius 1 is 1.43 bits per heavy atom. The molecule has 0 aliphatic heterocycles. The van der Waals surface area contributed by atoms with Crippen molar-refractivity contribution in [3.05, 3.63) is 12.3 Å². The van der Waals surface area contributed by atoms with E-state index in [1.165, 1.54) is 0 Å². The lowest BCUT2D eigenvalue weighted by Gasteiger charge is -2.14. The van der Waals surface area contributed by atoms with E-state index in [0.29, 0.717) is 0 Å². The van der Waals surface area contributed by atoms with Crippen LogP contribution in [0.1, 0.15) is 20.8 Å². The lowest BCUT2D eigenvalue weighted by atomic mass is 10.2. The summed E-state index contributed by atoms with van der Waals surface area (Å²) in [4.78, 5) is 22.2. The number of hydrogen-bond acceptors (Lipinski definition) is 4. The highest BCUT2D eigenvalue weighted by atomic mass is 79.9. The van der Waals surface area contributed by atoms with Crippen LogP contribution in [-0.2, 0) is 19.1 Å². The molecule has 0 fully saturated rings.